The minimum atomic E-state index is -1.08. The highest BCUT2D eigenvalue weighted by atomic mass is 16.5. The van der Waals surface area contributed by atoms with E-state index in [1.54, 1.807) is 48.5 Å². The summed E-state index contributed by atoms with van der Waals surface area (Å²) in [6.07, 6.45) is 3.12. The Labute approximate surface area is 180 Å². The molecule has 0 aliphatic heterocycles. The number of methoxy groups -OCH3 is 1. The van der Waals surface area contributed by atoms with E-state index in [0.717, 1.165) is 11.1 Å². The van der Waals surface area contributed by atoms with Crippen LogP contribution in [0.5, 0.6) is 17.2 Å². The van der Waals surface area contributed by atoms with Crippen molar-refractivity contribution >= 4 is 17.8 Å². The van der Waals surface area contributed by atoms with Crippen LogP contribution in [-0.2, 0) is 11.4 Å². The monoisotopic (exact) mass is 418 g/mol. The second-order valence-electron chi connectivity index (χ2n) is 6.59. The van der Waals surface area contributed by atoms with Crippen LogP contribution < -0.4 is 14.2 Å². The van der Waals surface area contributed by atoms with E-state index >= 15 is 0 Å². The van der Waals surface area contributed by atoms with Crippen LogP contribution in [-0.4, -0.2) is 30.6 Å². The van der Waals surface area contributed by atoms with Crippen molar-refractivity contribution in [2.24, 2.45) is 0 Å². The Kier molecular flexibility index (Phi) is 7.43. The number of carbonyl (C=O) groups excluding carboxylic acids is 1. The summed E-state index contributed by atoms with van der Waals surface area (Å²) in [6.45, 7) is -0.00284. The lowest BCUT2D eigenvalue weighted by atomic mass is 10.1. The van der Waals surface area contributed by atoms with Crippen molar-refractivity contribution in [1.29, 1.82) is 0 Å². The van der Waals surface area contributed by atoms with Gasteiger partial charge in [0.15, 0.2) is 23.9 Å². The topological polar surface area (TPSA) is 82.1 Å². The van der Waals surface area contributed by atoms with E-state index in [-0.39, 0.29) is 5.78 Å². The summed E-state index contributed by atoms with van der Waals surface area (Å²) in [6, 6.07) is 21.8. The molecule has 0 radical (unpaired) electrons. The molecule has 0 saturated carbocycles. The number of carbonyl (C=O) groups is 2. The number of benzene rings is 3. The number of aliphatic carboxylic acids is 1. The number of carboxylic acids is 1. The maximum Gasteiger partial charge on any atom is 0.341 e. The first-order valence-electron chi connectivity index (χ1n) is 9.57. The Hall–Kier alpha value is -4.06. The lowest BCUT2D eigenvalue weighted by molar-refractivity contribution is -0.139. The molecule has 158 valence electrons. The summed E-state index contributed by atoms with van der Waals surface area (Å²) < 4.78 is 16.1. The molecule has 31 heavy (non-hydrogen) atoms. The van der Waals surface area contributed by atoms with E-state index in [4.69, 9.17) is 19.3 Å². The molecule has 0 aliphatic carbocycles. The largest absolute Gasteiger partial charge is 0.493 e. The highest BCUT2D eigenvalue weighted by Crippen LogP contribution is 2.28. The van der Waals surface area contributed by atoms with E-state index < -0.39 is 12.6 Å². The fourth-order valence-electron chi connectivity index (χ4n) is 2.77. The van der Waals surface area contributed by atoms with E-state index in [0.29, 0.717) is 29.4 Å². The van der Waals surface area contributed by atoms with Gasteiger partial charge in [0.25, 0.3) is 0 Å². The Bertz CT molecular complexity index is 1060. The Balaban J connectivity index is 1.60. The normalized spacial score (nSPS) is 10.6. The van der Waals surface area contributed by atoms with E-state index in [1.807, 2.05) is 30.3 Å². The zero-order valence-corrected chi connectivity index (χ0v) is 17.0. The third-order valence-corrected chi connectivity index (χ3v) is 4.35. The number of allylic oxidation sites excluding steroid dienone is 1. The predicted molar refractivity (Wildman–Crippen MR) is 117 cm³/mol. The molecule has 0 amide bonds. The maximum atomic E-state index is 12.5. The zero-order chi connectivity index (χ0) is 22.1. The van der Waals surface area contributed by atoms with Crippen LogP contribution in [0.2, 0.25) is 0 Å². The summed E-state index contributed by atoms with van der Waals surface area (Å²) in [5.74, 6) is 0.161. The van der Waals surface area contributed by atoms with Crippen LogP contribution in [0, 0.1) is 0 Å². The van der Waals surface area contributed by atoms with Crippen molar-refractivity contribution in [3.05, 3.63) is 95.6 Å². The molecule has 0 atom stereocenters. The molecule has 0 unspecified atom stereocenters. The van der Waals surface area contributed by atoms with Gasteiger partial charge in [0.2, 0.25) is 0 Å². The first-order chi connectivity index (χ1) is 15.0. The molecule has 6 heteroatoms. The molecular formula is C25H22O6. The molecule has 0 aliphatic rings. The number of ether oxygens (including phenoxy) is 3. The van der Waals surface area contributed by atoms with Gasteiger partial charge in [-0.1, -0.05) is 42.5 Å². The Morgan fingerprint density at radius 3 is 2.32 bits per heavy atom. The SMILES string of the molecule is COc1cc(/C=C/C(=O)c2ccc(OCc3ccccc3)cc2)ccc1OCC(=O)O. The lowest BCUT2D eigenvalue weighted by Crippen LogP contribution is -2.10. The molecule has 3 rings (SSSR count). The van der Waals surface area contributed by atoms with Gasteiger partial charge < -0.3 is 19.3 Å². The number of hydrogen-bond acceptors (Lipinski definition) is 5. The van der Waals surface area contributed by atoms with Crippen molar-refractivity contribution < 1.29 is 28.9 Å². The molecule has 6 nitrogen and oxygen atoms in total. The molecule has 0 heterocycles. The molecule has 3 aromatic carbocycles. The first kappa shape index (κ1) is 21.6. The molecule has 0 aromatic heterocycles. The van der Waals surface area contributed by atoms with Crippen LogP contribution in [0.25, 0.3) is 6.08 Å². The molecule has 1 N–H and O–H groups in total. The molecule has 0 bridgehead atoms. The standard InChI is InChI=1S/C25H22O6/c1-29-24-15-18(8-14-23(24)31-17-25(27)28)7-13-22(26)20-9-11-21(12-10-20)30-16-19-5-3-2-4-6-19/h2-15H,16-17H2,1H3,(H,27,28)/b13-7+. The van der Waals surface area contributed by atoms with Crippen LogP contribution in [0.15, 0.2) is 78.9 Å². The van der Waals surface area contributed by atoms with Gasteiger partial charge in [0, 0.05) is 5.56 Å². The maximum absolute atomic E-state index is 12.5. The smallest absolute Gasteiger partial charge is 0.341 e. The lowest BCUT2D eigenvalue weighted by Gasteiger charge is -2.09. The van der Waals surface area contributed by atoms with Crippen molar-refractivity contribution in [3.8, 4) is 17.2 Å². The predicted octanol–water partition coefficient (Wildman–Crippen LogP) is 4.63. The summed E-state index contributed by atoms with van der Waals surface area (Å²) in [5, 5.41) is 8.72. The van der Waals surface area contributed by atoms with Crippen molar-refractivity contribution in [3.63, 3.8) is 0 Å². The molecule has 0 fully saturated rings. The van der Waals surface area contributed by atoms with Crippen molar-refractivity contribution in [2.45, 2.75) is 6.61 Å². The summed E-state index contributed by atoms with van der Waals surface area (Å²) in [7, 11) is 1.46. The van der Waals surface area contributed by atoms with Gasteiger partial charge in [0.1, 0.15) is 12.4 Å². The van der Waals surface area contributed by atoms with Crippen LogP contribution in [0.4, 0.5) is 0 Å². The zero-order valence-electron chi connectivity index (χ0n) is 17.0. The van der Waals surface area contributed by atoms with Gasteiger partial charge in [-0.3, -0.25) is 4.79 Å². The Morgan fingerprint density at radius 1 is 0.903 bits per heavy atom. The van der Waals surface area contributed by atoms with Gasteiger partial charge >= 0.3 is 5.97 Å². The summed E-state index contributed by atoms with van der Waals surface area (Å²) in [4.78, 5) is 23.1. The summed E-state index contributed by atoms with van der Waals surface area (Å²) >= 11 is 0. The Morgan fingerprint density at radius 2 is 1.65 bits per heavy atom. The number of ketones is 1. The second kappa shape index (κ2) is 10.6. The van der Waals surface area contributed by atoms with E-state index in [9.17, 15) is 9.59 Å². The average molecular weight is 418 g/mol. The molecule has 3 aromatic rings. The molecular weight excluding hydrogens is 396 g/mol. The first-order valence-corrected chi connectivity index (χ1v) is 9.57. The summed E-state index contributed by atoms with van der Waals surface area (Å²) in [5.41, 5.74) is 2.33. The molecule has 0 spiro atoms. The third-order valence-electron chi connectivity index (χ3n) is 4.35. The highest BCUT2D eigenvalue weighted by Gasteiger charge is 2.08. The van der Waals surface area contributed by atoms with Crippen molar-refractivity contribution in [2.75, 3.05) is 13.7 Å². The quantitative estimate of drug-likeness (QED) is 0.382. The van der Waals surface area contributed by atoms with Crippen LogP contribution >= 0.6 is 0 Å². The number of rotatable bonds is 10. The average Bonchev–Trinajstić information content (AvgIpc) is 2.81. The highest BCUT2D eigenvalue weighted by molar-refractivity contribution is 6.06. The molecule has 0 saturated heterocycles. The van der Waals surface area contributed by atoms with Gasteiger partial charge in [-0.05, 0) is 53.6 Å². The fraction of sp³-hybridized carbons (Fsp3) is 0.120. The second-order valence-corrected chi connectivity index (χ2v) is 6.59. The van der Waals surface area contributed by atoms with Gasteiger partial charge in [-0.25, -0.2) is 4.79 Å². The van der Waals surface area contributed by atoms with Crippen molar-refractivity contribution in [1.82, 2.24) is 0 Å². The van der Waals surface area contributed by atoms with Gasteiger partial charge in [-0.2, -0.15) is 0 Å². The van der Waals surface area contributed by atoms with E-state index in [2.05, 4.69) is 0 Å². The van der Waals surface area contributed by atoms with Gasteiger partial charge in [-0.15, -0.1) is 0 Å². The number of hydrogen-bond donors (Lipinski definition) is 1. The van der Waals surface area contributed by atoms with Crippen LogP contribution in [0.3, 0.4) is 0 Å². The minimum Gasteiger partial charge on any atom is -0.493 e. The fourth-order valence-corrected chi connectivity index (χ4v) is 2.77. The minimum absolute atomic E-state index is 0.153. The van der Waals surface area contributed by atoms with E-state index in [1.165, 1.54) is 13.2 Å². The van der Waals surface area contributed by atoms with Gasteiger partial charge in [0.05, 0.1) is 7.11 Å². The van der Waals surface area contributed by atoms with Crippen LogP contribution in [0.1, 0.15) is 21.5 Å². The number of carboxylic acid groups (broad SMARTS) is 1. The third kappa shape index (κ3) is 6.47.